The third-order valence-corrected chi connectivity index (χ3v) is 1.81. The predicted molar refractivity (Wildman–Crippen MR) is 47.6 cm³/mol. The van der Waals surface area contributed by atoms with Crippen LogP contribution in [0, 0.1) is 0 Å². The van der Waals surface area contributed by atoms with Crippen molar-refractivity contribution in [3.8, 4) is 0 Å². The monoisotopic (exact) mass is 202 g/mol. The molecule has 80 valence electrons. The highest BCUT2D eigenvalue weighted by Gasteiger charge is 2.35. The maximum atomic E-state index is 10.8. The first-order valence-electron chi connectivity index (χ1n) is 4.25. The van der Waals surface area contributed by atoms with E-state index < -0.39 is 17.9 Å². The fraction of sp³-hybridized carbons (Fsp3) is 0.667. The number of aliphatic hydroxyl groups is 1. The molecule has 1 fully saturated rings. The molecule has 1 aliphatic rings. The third kappa shape index (κ3) is 2.71. The highest BCUT2D eigenvalue weighted by Crippen LogP contribution is 2.25. The molecule has 0 radical (unpaired) electrons. The molecule has 1 aliphatic heterocycles. The molecule has 1 unspecified atom stereocenters. The van der Waals surface area contributed by atoms with Crippen LogP contribution < -0.4 is 0 Å². The summed E-state index contributed by atoms with van der Waals surface area (Å²) in [5, 5.41) is 9.44. The minimum atomic E-state index is -0.720. The quantitative estimate of drug-likeness (QED) is 0.406. The van der Waals surface area contributed by atoms with E-state index in [4.69, 9.17) is 9.47 Å². The lowest BCUT2D eigenvalue weighted by atomic mass is 10.3. The topological polar surface area (TPSA) is 65.0 Å². The second kappa shape index (κ2) is 3.98. The van der Waals surface area contributed by atoms with Crippen molar-refractivity contribution in [3.05, 3.63) is 11.8 Å². The van der Waals surface area contributed by atoms with Crippen LogP contribution in [0.5, 0.6) is 0 Å². The van der Waals surface area contributed by atoms with Crippen LogP contribution in [0.15, 0.2) is 11.8 Å². The highest BCUT2D eigenvalue weighted by molar-refractivity contribution is 5.82. The molecule has 14 heavy (non-hydrogen) atoms. The molecule has 1 rings (SSSR count). The second-order valence-corrected chi connectivity index (χ2v) is 3.41. The van der Waals surface area contributed by atoms with Crippen LogP contribution >= 0.6 is 0 Å². The standard InChI is InChI=1S/C9H14O5/c1-9(2)13-5-7(14-9)6(10)4-8(11)12-3/h4,7,10H,5H2,1-3H3/b6-4-. The Morgan fingerprint density at radius 1 is 1.64 bits per heavy atom. The zero-order valence-electron chi connectivity index (χ0n) is 8.44. The summed E-state index contributed by atoms with van der Waals surface area (Å²) in [4.78, 5) is 10.8. The van der Waals surface area contributed by atoms with E-state index in [0.717, 1.165) is 6.08 Å². The van der Waals surface area contributed by atoms with E-state index in [9.17, 15) is 9.90 Å². The van der Waals surface area contributed by atoms with Crippen molar-refractivity contribution in [1.82, 2.24) is 0 Å². The van der Waals surface area contributed by atoms with Gasteiger partial charge >= 0.3 is 5.97 Å². The van der Waals surface area contributed by atoms with Gasteiger partial charge in [0.25, 0.3) is 0 Å². The van der Waals surface area contributed by atoms with E-state index >= 15 is 0 Å². The van der Waals surface area contributed by atoms with Crippen molar-refractivity contribution in [1.29, 1.82) is 0 Å². The van der Waals surface area contributed by atoms with Gasteiger partial charge < -0.3 is 19.3 Å². The predicted octanol–water partition coefficient (Wildman–Crippen LogP) is 0.753. The highest BCUT2D eigenvalue weighted by atomic mass is 16.7. The van der Waals surface area contributed by atoms with Gasteiger partial charge in [0, 0.05) is 0 Å². The minimum Gasteiger partial charge on any atom is -0.509 e. The Hall–Kier alpha value is -1.07. The summed E-state index contributed by atoms with van der Waals surface area (Å²) >= 11 is 0. The van der Waals surface area contributed by atoms with Crippen LogP contribution in [0.2, 0.25) is 0 Å². The maximum absolute atomic E-state index is 10.8. The van der Waals surface area contributed by atoms with Gasteiger partial charge in [0.15, 0.2) is 5.79 Å². The number of carbonyl (C=O) groups is 1. The summed E-state index contributed by atoms with van der Waals surface area (Å²) in [6, 6.07) is 0. The Morgan fingerprint density at radius 3 is 2.71 bits per heavy atom. The van der Waals surface area contributed by atoms with Crippen molar-refractivity contribution in [2.75, 3.05) is 13.7 Å². The van der Waals surface area contributed by atoms with Crippen LogP contribution in [-0.4, -0.2) is 36.7 Å². The molecule has 1 N–H and O–H groups in total. The van der Waals surface area contributed by atoms with Gasteiger partial charge in [-0.15, -0.1) is 0 Å². The average molecular weight is 202 g/mol. The van der Waals surface area contributed by atoms with Gasteiger partial charge in [0.1, 0.15) is 11.9 Å². The fourth-order valence-corrected chi connectivity index (χ4v) is 1.11. The average Bonchev–Trinajstić information content (AvgIpc) is 2.46. The van der Waals surface area contributed by atoms with Crippen LogP contribution in [0.1, 0.15) is 13.8 Å². The molecule has 0 bridgehead atoms. The summed E-state index contributed by atoms with van der Waals surface area (Å²) in [6.45, 7) is 3.70. The molecule has 0 aromatic carbocycles. The van der Waals surface area contributed by atoms with E-state index in [1.807, 2.05) is 0 Å². The molecular formula is C9H14O5. The first kappa shape index (κ1) is 11.0. The number of rotatable bonds is 2. The first-order valence-corrected chi connectivity index (χ1v) is 4.25. The molecule has 5 heteroatoms. The molecule has 1 atom stereocenters. The fourth-order valence-electron chi connectivity index (χ4n) is 1.11. The molecule has 1 saturated heterocycles. The lowest BCUT2D eigenvalue weighted by Gasteiger charge is -2.16. The molecule has 0 aliphatic carbocycles. The lowest BCUT2D eigenvalue weighted by molar-refractivity contribution is -0.139. The van der Waals surface area contributed by atoms with Crippen molar-refractivity contribution in [2.45, 2.75) is 25.7 Å². The van der Waals surface area contributed by atoms with Gasteiger partial charge in [-0.2, -0.15) is 0 Å². The van der Waals surface area contributed by atoms with E-state index in [-0.39, 0.29) is 12.4 Å². The van der Waals surface area contributed by atoms with E-state index in [0.29, 0.717) is 0 Å². The lowest BCUT2D eigenvalue weighted by Crippen LogP contribution is -2.22. The van der Waals surface area contributed by atoms with Crippen molar-refractivity contribution >= 4 is 5.97 Å². The Labute approximate surface area is 82.3 Å². The van der Waals surface area contributed by atoms with Gasteiger partial charge in [0.05, 0.1) is 19.8 Å². The number of carbonyl (C=O) groups excluding carboxylic acids is 1. The molecule has 5 nitrogen and oxygen atoms in total. The van der Waals surface area contributed by atoms with Crippen LogP contribution in [0.3, 0.4) is 0 Å². The number of methoxy groups -OCH3 is 1. The normalized spacial score (nSPS) is 26.2. The molecule has 1 heterocycles. The number of hydrogen-bond acceptors (Lipinski definition) is 5. The Bertz CT molecular complexity index is 256. The van der Waals surface area contributed by atoms with Crippen LogP contribution in [-0.2, 0) is 19.0 Å². The molecule has 0 saturated carbocycles. The summed E-state index contributed by atoms with van der Waals surface area (Å²) in [7, 11) is 1.24. The number of hydrogen-bond donors (Lipinski definition) is 1. The van der Waals surface area contributed by atoms with Gasteiger partial charge in [-0.3, -0.25) is 0 Å². The largest absolute Gasteiger partial charge is 0.509 e. The van der Waals surface area contributed by atoms with Gasteiger partial charge in [-0.05, 0) is 13.8 Å². The maximum Gasteiger partial charge on any atom is 0.333 e. The summed E-state index contributed by atoms with van der Waals surface area (Å²) in [5.74, 6) is -1.51. The Balaban J connectivity index is 2.59. The molecule has 0 amide bonds. The Morgan fingerprint density at radius 2 is 2.29 bits per heavy atom. The summed E-state index contributed by atoms with van der Waals surface area (Å²) in [6.07, 6.45) is 0.388. The molecular weight excluding hydrogens is 188 g/mol. The van der Waals surface area contributed by atoms with E-state index in [1.54, 1.807) is 13.8 Å². The summed E-state index contributed by atoms with van der Waals surface area (Å²) in [5.41, 5.74) is 0. The zero-order chi connectivity index (χ0) is 10.8. The van der Waals surface area contributed by atoms with Crippen LogP contribution in [0.25, 0.3) is 0 Å². The molecule has 0 aromatic rings. The summed E-state index contributed by atoms with van der Waals surface area (Å²) < 4.78 is 14.9. The third-order valence-electron chi connectivity index (χ3n) is 1.81. The number of ether oxygens (including phenoxy) is 3. The van der Waals surface area contributed by atoms with Gasteiger partial charge in [-0.1, -0.05) is 0 Å². The second-order valence-electron chi connectivity index (χ2n) is 3.41. The first-order chi connectivity index (χ1) is 6.44. The van der Waals surface area contributed by atoms with E-state index in [1.165, 1.54) is 7.11 Å². The van der Waals surface area contributed by atoms with Crippen molar-refractivity contribution in [3.63, 3.8) is 0 Å². The number of esters is 1. The van der Waals surface area contributed by atoms with Crippen molar-refractivity contribution < 1.29 is 24.1 Å². The molecule has 0 aromatic heterocycles. The minimum absolute atomic E-state index is 0.178. The Kier molecular flexibility index (Phi) is 3.13. The smallest absolute Gasteiger partial charge is 0.333 e. The molecule has 0 spiro atoms. The van der Waals surface area contributed by atoms with Crippen LogP contribution in [0.4, 0.5) is 0 Å². The van der Waals surface area contributed by atoms with Gasteiger partial charge in [-0.25, -0.2) is 4.79 Å². The van der Waals surface area contributed by atoms with E-state index in [2.05, 4.69) is 4.74 Å². The van der Waals surface area contributed by atoms with Gasteiger partial charge in [0.2, 0.25) is 0 Å². The zero-order valence-corrected chi connectivity index (χ0v) is 8.44. The SMILES string of the molecule is COC(=O)/C=C(\O)C1COC(C)(C)O1. The van der Waals surface area contributed by atoms with Crippen molar-refractivity contribution in [2.24, 2.45) is 0 Å². The number of aliphatic hydroxyl groups excluding tert-OH is 1.